The van der Waals surface area contributed by atoms with E-state index in [4.69, 9.17) is 9.47 Å². The fraction of sp³-hybridized carbons (Fsp3) is 0.346. The normalized spacial score (nSPS) is 13.2. The highest BCUT2D eigenvalue weighted by molar-refractivity contribution is 9.10. The van der Waals surface area contributed by atoms with Crippen molar-refractivity contribution in [3.8, 4) is 28.5 Å². The van der Waals surface area contributed by atoms with Gasteiger partial charge >= 0.3 is 0 Å². The van der Waals surface area contributed by atoms with E-state index in [1.165, 1.54) is 38.1 Å². The number of carbonyl (C=O) groups excluding carboxylic acids is 1. The van der Waals surface area contributed by atoms with Crippen LogP contribution >= 0.6 is 27.3 Å². The lowest BCUT2D eigenvalue weighted by atomic mass is 10.1. The Kier molecular flexibility index (Phi) is 10.3. The van der Waals surface area contributed by atoms with Crippen LogP contribution in [0.3, 0.4) is 0 Å². The summed E-state index contributed by atoms with van der Waals surface area (Å²) in [4.78, 5) is 19.0. The van der Waals surface area contributed by atoms with Gasteiger partial charge in [0.2, 0.25) is 4.80 Å². The number of nitrogens with one attached hydrogen (secondary N) is 1. The van der Waals surface area contributed by atoms with E-state index < -0.39 is 0 Å². The summed E-state index contributed by atoms with van der Waals surface area (Å²) in [5, 5.41) is 19.3. The zero-order valence-electron chi connectivity index (χ0n) is 21.6. The summed E-state index contributed by atoms with van der Waals surface area (Å²) < 4.78 is 12.8. The van der Waals surface area contributed by atoms with Crippen molar-refractivity contribution in [1.29, 1.82) is 0 Å². The molecule has 0 radical (unpaired) electrons. The number of benzene rings is 2. The summed E-state index contributed by atoms with van der Waals surface area (Å²) in [6.07, 6.45) is 1.65. The number of hydrogen-bond donors (Lipinski definition) is 2. The van der Waals surface area contributed by atoms with Gasteiger partial charge in [0.15, 0.2) is 18.1 Å². The second kappa shape index (κ2) is 13.4. The maximum atomic E-state index is 11.6. The van der Waals surface area contributed by atoms with Crippen LogP contribution in [0.25, 0.3) is 11.3 Å². The Bertz CT molecular complexity index is 1330. The van der Waals surface area contributed by atoms with E-state index in [1.807, 2.05) is 23.6 Å². The summed E-state index contributed by atoms with van der Waals surface area (Å²) in [6, 6.07) is 9.00. The number of aromatic nitrogens is 1. The minimum absolute atomic E-state index is 0.0135. The first-order chi connectivity index (χ1) is 17.8. The summed E-state index contributed by atoms with van der Waals surface area (Å²) in [7, 11) is 3.18. The Balaban J connectivity index is 0.000000479. The van der Waals surface area contributed by atoms with Crippen LogP contribution in [0.15, 0.2) is 50.3 Å². The second-order valence-electron chi connectivity index (χ2n) is 7.90. The summed E-state index contributed by atoms with van der Waals surface area (Å²) in [5.74, 6) is 0.810. The van der Waals surface area contributed by atoms with Crippen LogP contribution in [-0.2, 0) is 4.79 Å². The number of fused-ring (bicyclic) bond motifs is 1. The number of amides is 1. The van der Waals surface area contributed by atoms with E-state index in [0.29, 0.717) is 26.5 Å². The molecule has 198 valence electrons. The minimum atomic E-state index is -0.188. The van der Waals surface area contributed by atoms with Gasteiger partial charge in [0, 0.05) is 18.0 Å². The molecule has 0 atom stereocenters. The molecule has 0 spiro atoms. The third-order valence-electron chi connectivity index (χ3n) is 5.72. The van der Waals surface area contributed by atoms with Crippen molar-refractivity contribution in [2.45, 2.75) is 20.8 Å². The maximum absolute atomic E-state index is 11.6. The van der Waals surface area contributed by atoms with Crippen molar-refractivity contribution >= 4 is 45.1 Å². The molecule has 1 amide bonds. The van der Waals surface area contributed by atoms with Crippen molar-refractivity contribution < 1.29 is 19.4 Å². The van der Waals surface area contributed by atoms with Gasteiger partial charge in [-0.1, -0.05) is 20.8 Å². The zero-order valence-corrected chi connectivity index (χ0v) is 24.0. The number of rotatable bonds is 7. The first kappa shape index (κ1) is 28.4. The maximum Gasteiger partial charge on any atom is 0.262 e. The largest absolute Gasteiger partial charge is 0.503 e. The first-order valence-electron chi connectivity index (χ1n) is 11.9. The first-order valence-corrected chi connectivity index (χ1v) is 13.6. The molecule has 0 bridgehead atoms. The van der Waals surface area contributed by atoms with E-state index >= 15 is 0 Å². The van der Waals surface area contributed by atoms with Gasteiger partial charge in [-0.2, -0.15) is 5.10 Å². The lowest BCUT2D eigenvalue weighted by Gasteiger charge is -2.18. The molecule has 0 fully saturated rings. The molecule has 0 saturated carbocycles. The molecule has 2 heterocycles. The molecule has 1 aliphatic rings. The van der Waals surface area contributed by atoms with Crippen molar-refractivity contribution in [1.82, 2.24) is 9.58 Å². The molecule has 9 nitrogen and oxygen atoms in total. The van der Waals surface area contributed by atoms with E-state index in [0.717, 1.165) is 16.8 Å². The van der Waals surface area contributed by atoms with E-state index in [-0.39, 0.29) is 18.3 Å². The topological polar surface area (TPSA) is 101 Å². The van der Waals surface area contributed by atoms with Gasteiger partial charge in [-0.3, -0.25) is 9.79 Å². The number of carbonyl (C=O) groups is 1. The number of halogens is 1. The molecule has 0 saturated heterocycles. The van der Waals surface area contributed by atoms with Gasteiger partial charge in [0.25, 0.3) is 5.91 Å². The Hall–Kier alpha value is -3.15. The molecule has 4 rings (SSSR count). The van der Waals surface area contributed by atoms with Gasteiger partial charge in [0.05, 0.1) is 29.2 Å². The average molecular weight is 591 g/mol. The van der Waals surface area contributed by atoms with Gasteiger partial charge in [-0.05, 0) is 71.5 Å². The molecule has 1 aliphatic heterocycles. The number of hydrogen-bond acceptors (Lipinski definition) is 8. The van der Waals surface area contributed by atoms with Crippen molar-refractivity contribution in [2.24, 2.45) is 10.1 Å². The fourth-order valence-corrected chi connectivity index (χ4v) is 4.89. The van der Waals surface area contributed by atoms with Crippen molar-refractivity contribution in [3.05, 3.63) is 50.5 Å². The lowest BCUT2D eigenvalue weighted by Crippen LogP contribution is -2.25. The predicted octanol–water partition coefficient (Wildman–Crippen LogP) is 4.79. The summed E-state index contributed by atoms with van der Waals surface area (Å²) in [6.45, 7) is 10.1. The van der Waals surface area contributed by atoms with E-state index in [2.05, 4.69) is 57.0 Å². The van der Waals surface area contributed by atoms with Crippen LogP contribution in [0.4, 0.5) is 5.69 Å². The number of methoxy groups -OCH3 is 1. The Morgan fingerprint density at radius 2 is 1.97 bits per heavy atom. The monoisotopic (exact) mass is 589 g/mol. The standard InChI is InChI=1S/C20H17BrN4O4S.C6H15N/c1-22-20-25(23-8-11-5-13(21)19(27)17(6-11)28-2)15(10-30-20)12-3-4-16-14(7-12)24-18(26)9-29-16;1-4-7(5-2)6-3/h3-8,10,27H,9H2,1-2H3,(H,24,26);4-6H2,1-3H3. The molecule has 3 aromatic rings. The van der Waals surface area contributed by atoms with Crippen LogP contribution in [0, 0.1) is 0 Å². The third kappa shape index (κ3) is 7.00. The van der Waals surface area contributed by atoms with Gasteiger partial charge in [-0.25, -0.2) is 4.68 Å². The minimum Gasteiger partial charge on any atom is -0.503 e. The van der Waals surface area contributed by atoms with Crippen LogP contribution in [-0.4, -0.2) is 67.2 Å². The van der Waals surface area contributed by atoms with Crippen LogP contribution < -0.4 is 19.6 Å². The molecular weight excluding hydrogens is 558 g/mol. The number of thiazole rings is 1. The van der Waals surface area contributed by atoms with E-state index in [1.54, 1.807) is 30.1 Å². The van der Waals surface area contributed by atoms with Crippen LogP contribution in [0.5, 0.6) is 17.2 Å². The third-order valence-corrected chi connectivity index (χ3v) is 7.23. The number of anilines is 1. The number of phenolic OH excluding ortho intramolecular Hbond substituents is 1. The second-order valence-corrected chi connectivity index (χ2v) is 9.60. The molecular formula is C26H32BrN5O4S. The highest BCUT2D eigenvalue weighted by Gasteiger charge is 2.18. The molecule has 2 aromatic carbocycles. The van der Waals surface area contributed by atoms with Crippen LogP contribution in [0.1, 0.15) is 26.3 Å². The number of phenols is 1. The van der Waals surface area contributed by atoms with Crippen LogP contribution in [0.2, 0.25) is 0 Å². The van der Waals surface area contributed by atoms with E-state index in [9.17, 15) is 9.90 Å². The molecule has 1 aromatic heterocycles. The highest BCUT2D eigenvalue weighted by Crippen LogP contribution is 2.35. The van der Waals surface area contributed by atoms with Gasteiger partial charge in [-0.15, -0.1) is 11.3 Å². The van der Waals surface area contributed by atoms with Crippen molar-refractivity contribution in [2.75, 3.05) is 45.7 Å². The number of nitrogens with zero attached hydrogens (tertiary/aromatic N) is 4. The quantitative estimate of drug-likeness (QED) is 0.386. The molecule has 37 heavy (non-hydrogen) atoms. The Labute approximate surface area is 229 Å². The molecule has 0 aliphatic carbocycles. The SMILES string of the molecule is CCN(CC)CC.CN=c1scc(-c2ccc3c(c2)NC(=O)CO3)n1N=Cc1cc(Br)c(O)c(OC)c1. The van der Waals surface area contributed by atoms with Gasteiger partial charge in [0.1, 0.15) is 5.75 Å². The molecule has 11 heteroatoms. The van der Waals surface area contributed by atoms with Gasteiger partial charge < -0.3 is 24.8 Å². The predicted molar refractivity (Wildman–Crippen MR) is 152 cm³/mol. The number of ether oxygens (including phenoxy) is 2. The molecule has 2 N–H and O–H groups in total. The average Bonchev–Trinajstić information content (AvgIpc) is 3.33. The summed E-state index contributed by atoms with van der Waals surface area (Å²) >= 11 is 4.76. The Morgan fingerprint density at radius 1 is 1.24 bits per heavy atom. The molecule has 0 unspecified atom stereocenters. The highest BCUT2D eigenvalue weighted by atomic mass is 79.9. The smallest absolute Gasteiger partial charge is 0.262 e. The lowest BCUT2D eigenvalue weighted by molar-refractivity contribution is -0.118. The van der Waals surface area contributed by atoms with Crippen molar-refractivity contribution in [3.63, 3.8) is 0 Å². The number of aromatic hydroxyl groups is 1. The Morgan fingerprint density at radius 3 is 2.59 bits per heavy atom. The zero-order chi connectivity index (χ0) is 26.9. The fourth-order valence-electron chi connectivity index (χ4n) is 3.62. The summed E-state index contributed by atoms with van der Waals surface area (Å²) in [5.41, 5.74) is 3.01.